The quantitative estimate of drug-likeness (QED) is 0.801. The molecule has 0 aromatic heterocycles. The van der Waals surface area contributed by atoms with E-state index in [1.165, 1.54) is 5.56 Å². The van der Waals surface area contributed by atoms with Gasteiger partial charge in [0.1, 0.15) is 5.75 Å². The zero-order valence-electron chi connectivity index (χ0n) is 9.29. The Morgan fingerprint density at radius 3 is 2.43 bits per heavy atom. The maximum Gasteiger partial charge on any atom is 0.127 e. The van der Waals surface area contributed by atoms with Gasteiger partial charge in [-0.2, -0.15) is 0 Å². The Morgan fingerprint density at radius 2 is 2.00 bits per heavy atom. The van der Waals surface area contributed by atoms with E-state index in [9.17, 15) is 5.11 Å². The average molecular weight is 194 g/mol. The van der Waals surface area contributed by atoms with Crippen LogP contribution in [-0.4, -0.2) is 12.2 Å². The first kappa shape index (κ1) is 11.1. The number of ether oxygens (including phenoxy) is 1. The number of aryl methyl sites for hydroxylation is 1. The molecule has 0 heterocycles. The van der Waals surface area contributed by atoms with Crippen LogP contribution in [0.2, 0.25) is 0 Å². The minimum atomic E-state index is 0.0323. The second-order valence-electron chi connectivity index (χ2n) is 3.84. The van der Waals surface area contributed by atoms with Crippen LogP contribution >= 0.6 is 0 Å². The zero-order chi connectivity index (χ0) is 10.7. The Bertz CT molecular complexity index is 316. The molecule has 2 nitrogen and oxygen atoms in total. The van der Waals surface area contributed by atoms with Crippen molar-refractivity contribution in [2.45, 2.75) is 33.3 Å². The van der Waals surface area contributed by atoms with Gasteiger partial charge < -0.3 is 9.84 Å². The minimum absolute atomic E-state index is 0.0323. The molecule has 2 heteroatoms. The summed E-state index contributed by atoms with van der Waals surface area (Å²) in [6.07, 6.45) is 0. The third-order valence-corrected chi connectivity index (χ3v) is 2.42. The highest BCUT2D eigenvalue weighted by Crippen LogP contribution is 2.28. The molecule has 1 aromatic carbocycles. The fraction of sp³-hybridized carbons (Fsp3) is 0.500. The van der Waals surface area contributed by atoms with Crippen LogP contribution in [-0.2, 0) is 6.61 Å². The van der Waals surface area contributed by atoms with Crippen LogP contribution < -0.4 is 4.74 Å². The van der Waals surface area contributed by atoms with Crippen molar-refractivity contribution in [2.24, 2.45) is 0 Å². The van der Waals surface area contributed by atoms with Crippen LogP contribution in [0.15, 0.2) is 12.1 Å². The first-order valence-electron chi connectivity index (χ1n) is 4.88. The van der Waals surface area contributed by atoms with Crippen LogP contribution in [0.5, 0.6) is 5.75 Å². The average Bonchev–Trinajstić information content (AvgIpc) is 2.16. The van der Waals surface area contributed by atoms with E-state index in [0.29, 0.717) is 5.92 Å². The largest absolute Gasteiger partial charge is 0.496 e. The first-order valence-corrected chi connectivity index (χ1v) is 4.88. The summed E-state index contributed by atoms with van der Waals surface area (Å²) in [4.78, 5) is 0. The fourth-order valence-corrected chi connectivity index (χ4v) is 1.62. The lowest BCUT2D eigenvalue weighted by Crippen LogP contribution is -1.98. The van der Waals surface area contributed by atoms with Crippen molar-refractivity contribution in [1.29, 1.82) is 0 Å². The molecule has 0 spiro atoms. The molecule has 0 bridgehead atoms. The van der Waals surface area contributed by atoms with E-state index >= 15 is 0 Å². The van der Waals surface area contributed by atoms with Gasteiger partial charge in [0.05, 0.1) is 13.7 Å². The summed E-state index contributed by atoms with van der Waals surface area (Å²) in [7, 11) is 1.64. The number of aliphatic hydroxyl groups is 1. The van der Waals surface area contributed by atoms with Crippen LogP contribution in [0.3, 0.4) is 0 Å². The topological polar surface area (TPSA) is 29.5 Å². The lowest BCUT2D eigenvalue weighted by Gasteiger charge is -2.14. The summed E-state index contributed by atoms with van der Waals surface area (Å²) in [5.41, 5.74) is 3.20. The Morgan fingerprint density at radius 1 is 1.36 bits per heavy atom. The van der Waals surface area contributed by atoms with Gasteiger partial charge in [-0.05, 0) is 30.0 Å². The molecule has 0 radical (unpaired) electrons. The fourth-order valence-electron chi connectivity index (χ4n) is 1.62. The van der Waals surface area contributed by atoms with E-state index in [1.54, 1.807) is 7.11 Å². The maximum atomic E-state index is 9.20. The summed E-state index contributed by atoms with van der Waals surface area (Å²) < 4.78 is 5.24. The van der Waals surface area contributed by atoms with Gasteiger partial charge in [-0.1, -0.05) is 19.9 Å². The van der Waals surface area contributed by atoms with Crippen molar-refractivity contribution in [2.75, 3.05) is 7.11 Å². The van der Waals surface area contributed by atoms with E-state index in [4.69, 9.17) is 4.74 Å². The van der Waals surface area contributed by atoms with Crippen molar-refractivity contribution in [3.05, 3.63) is 28.8 Å². The molecule has 0 fully saturated rings. The van der Waals surface area contributed by atoms with Crippen molar-refractivity contribution < 1.29 is 9.84 Å². The van der Waals surface area contributed by atoms with E-state index in [0.717, 1.165) is 16.9 Å². The summed E-state index contributed by atoms with van der Waals surface area (Å²) >= 11 is 0. The molecule has 14 heavy (non-hydrogen) atoms. The third-order valence-electron chi connectivity index (χ3n) is 2.42. The molecule has 0 aliphatic heterocycles. The first-order chi connectivity index (χ1) is 6.60. The number of benzene rings is 1. The van der Waals surface area contributed by atoms with Crippen molar-refractivity contribution in [1.82, 2.24) is 0 Å². The van der Waals surface area contributed by atoms with Crippen molar-refractivity contribution in [3.63, 3.8) is 0 Å². The smallest absolute Gasteiger partial charge is 0.127 e. The number of methoxy groups -OCH3 is 1. The molecule has 0 aliphatic carbocycles. The van der Waals surface area contributed by atoms with Crippen LogP contribution in [0.4, 0.5) is 0 Å². The number of aliphatic hydroxyl groups excluding tert-OH is 1. The second-order valence-corrected chi connectivity index (χ2v) is 3.84. The highest BCUT2D eigenvalue weighted by Gasteiger charge is 2.09. The Kier molecular flexibility index (Phi) is 3.53. The molecule has 78 valence electrons. The number of hydrogen-bond donors (Lipinski definition) is 1. The van der Waals surface area contributed by atoms with Gasteiger partial charge in [-0.15, -0.1) is 0 Å². The van der Waals surface area contributed by atoms with E-state index in [2.05, 4.69) is 19.9 Å². The molecule has 0 aliphatic rings. The highest BCUT2D eigenvalue weighted by molar-refractivity contribution is 5.44. The van der Waals surface area contributed by atoms with Crippen LogP contribution in [0.1, 0.15) is 36.5 Å². The maximum absolute atomic E-state index is 9.20. The van der Waals surface area contributed by atoms with Gasteiger partial charge >= 0.3 is 0 Å². The molecule has 0 atom stereocenters. The monoisotopic (exact) mass is 194 g/mol. The van der Waals surface area contributed by atoms with Gasteiger partial charge in [0.25, 0.3) is 0 Å². The van der Waals surface area contributed by atoms with Gasteiger partial charge in [-0.25, -0.2) is 0 Å². The number of hydrogen-bond acceptors (Lipinski definition) is 2. The zero-order valence-corrected chi connectivity index (χ0v) is 9.29. The van der Waals surface area contributed by atoms with Crippen molar-refractivity contribution in [3.8, 4) is 5.75 Å². The third kappa shape index (κ3) is 2.07. The molecule has 0 saturated heterocycles. The summed E-state index contributed by atoms with van der Waals surface area (Å²) in [6.45, 7) is 6.32. The predicted octanol–water partition coefficient (Wildman–Crippen LogP) is 2.62. The second kappa shape index (κ2) is 4.47. The standard InChI is InChI=1S/C12H18O2/c1-8(2)10-5-9(3)12(14-4)11(6-10)7-13/h5-6,8,13H,7H2,1-4H3. The summed E-state index contributed by atoms with van der Waals surface area (Å²) in [6, 6.07) is 4.12. The van der Waals surface area contributed by atoms with Gasteiger partial charge in [0.2, 0.25) is 0 Å². The molecular weight excluding hydrogens is 176 g/mol. The molecule has 0 saturated carbocycles. The number of rotatable bonds is 3. The Balaban J connectivity index is 3.24. The normalized spacial score (nSPS) is 10.7. The van der Waals surface area contributed by atoms with Crippen LogP contribution in [0.25, 0.3) is 0 Å². The Labute approximate surface area is 85.5 Å². The Hall–Kier alpha value is -1.02. The minimum Gasteiger partial charge on any atom is -0.496 e. The van der Waals surface area contributed by atoms with E-state index in [-0.39, 0.29) is 6.61 Å². The molecule has 0 amide bonds. The highest BCUT2D eigenvalue weighted by atomic mass is 16.5. The molecule has 0 unspecified atom stereocenters. The van der Waals surface area contributed by atoms with E-state index < -0.39 is 0 Å². The van der Waals surface area contributed by atoms with E-state index in [1.807, 2.05) is 13.0 Å². The van der Waals surface area contributed by atoms with Crippen LogP contribution in [0, 0.1) is 6.92 Å². The SMILES string of the molecule is COc1c(C)cc(C(C)C)cc1CO. The predicted molar refractivity (Wildman–Crippen MR) is 57.7 cm³/mol. The molecule has 1 N–H and O–H groups in total. The molecular formula is C12H18O2. The molecule has 1 rings (SSSR count). The van der Waals surface area contributed by atoms with Gasteiger partial charge in [0, 0.05) is 5.56 Å². The molecule has 1 aromatic rings. The summed E-state index contributed by atoms with van der Waals surface area (Å²) in [5, 5.41) is 9.20. The van der Waals surface area contributed by atoms with Gasteiger partial charge in [-0.3, -0.25) is 0 Å². The summed E-state index contributed by atoms with van der Waals surface area (Å²) in [5.74, 6) is 1.28. The lowest BCUT2D eigenvalue weighted by molar-refractivity contribution is 0.273. The lowest BCUT2D eigenvalue weighted by atomic mass is 9.97. The van der Waals surface area contributed by atoms with Crippen molar-refractivity contribution >= 4 is 0 Å². The van der Waals surface area contributed by atoms with Gasteiger partial charge in [0.15, 0.2) is 0 Å².